The number of pyridine rings is 1. The van der Waals surface area contributed by atoms with Crippen molar-refractivity contribution in [1.82, 2.24) is 4.98 Å². The molecule has 0 bridgehead atoms. The summed E-state index contributed by atoms with van der Waals surface area (Å²) in [5, 5.41) is 1.15. The van der Waals surface area contributed by atoms with E-state index in [1.165, 1.54) is 0 Å². The number of nitrogens with zero attached hydrogens (tertiary/aromatic N) is 1. The highest BCUT2D eigenvalue weighted by molar-refractivity contribution is 5.80. The molecule has 1 aromatic carbocycles. The molecule has 2 rings (SSSR count). The quantitative estimate of drug-likeness (QED) is 0.739. The first-order valence-electron chi connectivity index (χ1n) is 4.56. The third-order valence-corrected chi connectivity index (χ3v) is 2.25. The maximum absolute atomic E-state index is 5.45. The second-order valence-corrected chi connectivity index (χ2v) is 3.24. The molecule has 0 saturated heterocycles. The van der Waals surface area contributed by atoms with Gasteiger partial charge >= 0.3 is 0 Å². The summed E-state index contributed by atoms with van der Waals surface area (Å²) in [6.07, 6.45) is 1.58. The second-order valence-electron chi connectivity index (χ2n) is 3.24. The average Bonchev–Trinajstić information content (AvgIpc) is 2.27. The van der Waals surface area contributed by atoms with E-state index in [1.54, 1.807) is 6.20 Å². The number of allylic oxidation sites excluding steroid dienone is 1. The first-order chi connectivity index (χ1) is 6.81. The number of rotatable bonds is 1. The number of hydrogen-bond acceptors (Lipinski definition) is 2. The van der Waals surface area contributed by atoms with E-state index in [0.29, 0.717) is 0 Å². The highest BCUT2D eigenvalue weighted by Gasteiger charge is 1.98. The van der Waals surface area contributed by atoms with E-state index in [9.17, 15) is 0 Å². The van der Waals surface area contributed by atoms with Crippen LogP contribution in [0.25, 0.3) is 16.5 Å². The summed E-state index contributed by atoms with van der Waals surface area (Å²) < 4.78 is 0. The Kier molecular flexibility index (Phi) is 2.19. The summed E-state index contributed by atoms with van der Waals surface area (Å²) in [5.41, 5.74) is 8.38. The van der Waals surface area contributed by atoms with Crippen molar-refractivity contribution in [2.75, 3.05) is 0 Å². The Morgan fingerprint density at radius 2 is 2.00 bits per heavy atom. The van der Waals surface area contributed by atoms with Gasteiger partial charge in [0.2, 0.25) is 0 Å². The normalized spacial score (nSPS) is 11.9. The summed E-state index contributed by atoms with van der Waals surface area (Å²) in [6, 6.07) is 12.1. The van der Waals surface area contributed by atoms with E-state index in [4.69, 9.17) is 5.73 Å². The second kappa shape index (κ2) is 3.50. The van der Waals surface area contributed by atoms with Gasteiger partial charge in [0.05, 0.1) is 11.2 Å². The number of hydrogen-bond donors (Lipinski definition) is 1. The molecular weight excluding hydrogens is 172 g/mol. The van der Waals surface area contributed by atoms with Gasteiger partial charge in [-0.1, -0.05) is 24.3 Å². The van der Waals surface area contributed by atoms with Crippen LogP contribution in [0.1, 0.15) is 12.6 Å². The molecule has 0 radical (unpaired) electrons. The highest BCUT2D eigenvalue weighted by Crippen LogP contribution is 2.16. The van der Waals surface area contributed by atoms with Crippen LogP contribution >= 0.6 is 0 Å². The summed E-state index contributed by atoms with van der Waals surface area (Å²) >= 11 is 0. The standard InChI is InChI=1S/C12H12N2/c1-9(8-13)11-7-6-10-4-2-3-5-12(10)14-11/h2-8H,13H2,1H3/b9-8+. The topological polar surface area (TPSA) is 38.9 Å². The van der Waals surface area contributed by atoms with Crippen molar-refractivity contribution in [2.24, 2.45) is 5.73 Å². The molecule has 0 amide bonds. The molecule has 1 heterocycles. The van der Waals surface area contributed by atoms with Crippen LogP contribution < -0.4 is 5.73 Å². The zero-order chi connectivity index (χ0) is 9.97. The summed E-state index contributed by atoms with van der Waals surface area (Å²) in [4.78, 5) is 4.50. The van der Waals surface area contributed by atoms with Crippen molar-refractivity contribution in [3.63, 3.8) is 0 Å². The van der Waals surface area contributed by atoms with E-state index in [1.807, 2.05) is 37.3 Å². The molecule has 0 unspecified atom stereocenters. The summed E-state index contributed by atoms with van der Waals surface area (Å²) in [7, 11) is 0. The third-order valence-electron chi connectivity index (χ3n) is 2.25. The zero-order valence-corrected chi connectivity index (χ0v) is 8.07. The fourth-order valence-corrected chi connectivity index (χ4v) is 1.37. The number of aromatic nitrogens is 1. The molecule has 2 heteroatoms. The van der Waals surface area contributed by atoms with Crippen molar-refractivity contribution in [1.29, 1.82) is 0 Å². The van der Waals surface area contributed by atoms with Gasteiger partial charge < -0.3 is 5.73 Å². The largest absolute Gasteiger partial charge is 0.404 e. The predicted molar refractivity (Wildman–Crippen MR) is 59.6 cm³/mol. The van der Waals surface area contributed by atoms with Crippen molar-refractivity contribution in [2.45, 2.75) is 6.92 Å². The van der Waals surface area contributed by atoms with E-state index in [2.05, 4.69) is 11.1 Å². The van der Waals surface area contributed by atoms with Crippen LogP contribution in [-0.2, 0) is 0 Å². The Hall–Kier alpha value is -1.83. The van der Waals surface area contributed by atoms with Gasteiger partial charge in [-0.05, 0) is 30.8 Å². The van der Waals surface area contributed by atoms with Crippen molar-refractivity contribution < 1.29 is 0 Å². The van der Waals surface area contributed by atoms with Crippen molar-refractivity contribution in [3.8, 4) is 0 Å². The smallest absolute Gasteiger partial charge is 0.0709 e. The molecule has 0 saturated carbocycles. The van der Waals surface area contributed by atoms with Gasteiger partial charge in [0.25, 0.3) is 0 Å². The Balaban J connectivity index is 2.62. The van der Waals surface area contributed by atoms with Crippen LogP contribution in [0.15, 0.2) is 42.6 Å². The molecule has 14 heavy (non-hydrogen) atoms. The minimum Gasteiger partial charge on any atom is -0.404 e. The fraction of sp³-hybridized carbons (Fsp3) is 0.0833. The minimum absolute atomic E-state index is 0.936. The van der Waals surface area contributed by atoms with Gasteiger partial charge in [0, 0.05) is 5.39 Å². The Morgan fingerprint density at radius 1 is 1.21 bits per heavy atom. The zero-order valence-electron chi connectivity index (χ0n) is 8.07. The Morgan fingerprint density at radius 3 is 2.79 bits per heavy atom. The fourth-order valence-electron chi connectivity index (χ4n) is 1.37. The summed E-state index contributed by atoms with van der Waals surface area (Å²) in [5.74, 6) is 0. The first-order valence-corrected chi connectivity index (χ1v) is 4.56. The first kappa shape index (κ1) is 8.75. The van der Waals surface area contributed by atoms with Crippen molar-refractivity contribution in [3.05, 3.63) is 48.3 Å². The maximum Gasteiger partial charge on any atom is 0.0709 e. The molecule has 0 aliphatic heterocycles. The molecule has 2 nitrogen and oxygen atoms in total. The lowest BCUT2D eigenvalue weighted by atomic mass is 10.1. The van der Waals surface area contributed by atoms with E-state index >= 15 is 0 Å². The minimum atomic E-state index is 0.936. The molecule has 0 aliphatic rings. The highest BCUT2D eigenvalue weighted by atomic mass is 14.7. The summed E-state index contributed by atoms with van der Waals surface area (Å²) in [6.45, 7) is 1.96. The third kappa shape index (κ3) is 1.46. The average molecular weight is 184 g/mol. The lowest BCUT2D eigenvalue weighted by Gasteiger charge is -2.01. The lowest BCUT2D eigenvalue weighted by Crippen LogP contribution is -1.90. The van der Waals surface area contributed by atoms with Crippen LogP contribution in [-0.4, -0.2) is 4.98 Å². The SMILES string of the molecule is C/C(=C\N)c1ccc2ccccc2n1. The van der Waals surface area contributed by atoms with Gasteiger partial charge in [0.15, 0.2) is 0 Å². The molecule has 70 valence electrons. The van der Waals surface area contributed by atoms with E-state index in [-0.39, 0.29) is 0 Å². The number of fused-ring (bicyclic) bond motifs is 1. The van der Waals surface area contributed by atoms with Crippen LogP contribution in [0.4, 0.5) is 0 Å². The molecule has 0 spiro atoms. The van der Waals surface area contributed by atoms with Gasteiger partial charge in [0.1, 0.15) is 0 Å². The van der Waals surface area contributed by atoms with Crippen LogP contribution in [0.3, 0.4) is 0 Å². The van der Waals surface area contributed by atoms with Crippen LogP contribution in [0.2, 0.25) is 0 Å². The number of para-hydroxylation sites is 1. The van der Waals surface area contributed by atoms with Gasteiger partial charge in [-0.25, -0.2) is 4.98 Å². The number of benzene rings is 1. The molecule has 2 aromatic rings. The molecule has 2 N–H and O–H groups in total. The Bertz CT molecular complexity index is 486. The van der Waals surface area contributed by atoms with Crippen LogP contribution in [0.5, 0.6) is 0 Å². The monoisotopic (exact) mass is 184 g/mol. The number of nitrogens with two attached hydrogens (primary N) is 1. The van der Waals surface area contributed by atoms with Crippen LogP contribution in [0, 0.1) is 0 Å². The van der Waals surface area contributed by atoms with Gasteiger partial charge in [-0.3, -0.25) is 0 Å². The molecule has 0 atom stereocenters. The lowest BCUT2D eigenvalue weighted by molar-refractivity contribution is 1.32. The molecular formula is C12H12N2. The molecule has 1 aromatic heterocycles. The molecule has 0 fully saturated rings. The van der Waals surface area contributed by atoms with Crippen molar-refractivity contribution >= 4 is 16.5 Å². The Labute approximate surface area is 83.1 Å². The molecule has 0 aliphatic carbocycles. The van der Waals surface area contributed by atoms with E-state index in [0.717, 1.165) is 22.2 Å². The predicted octanol–water partition coefficient (Wildman–Crippen LogP) is 2.55. The van der Waals surface area contributed by atoms with Gasteiger partial charge in [-0.2, -0.15) is 0 Å². The van der Waals surface area contributed by atoms with E-state index < -0.39 is 0 Å². The maximum atomic E-state index is 5.45. The van der Waals surface area contributed by atoms with Gasteiger partial charge in [-0.15, -0.1) is 0 Å².